The van der Waals surface area contributed by atoms with Crippen LogP contribution in [0.1, 0.15) is 5.56 Å². The zero-order valence-electron chi connectivity index (χ0n) is 10.9. The van der Waals surface area contributed by atoms with Crippen molar-refractivity contribution in [3.05, 3.63) is 53.5 Å². The van der Waals surface area contributed by atoms with Crippen molar-refractivity contribution in [3.8, 4) is 17.1 Å². The van der Waals surface area contributed by atoms with Gasteiger partial charge in [-0.05, 0) is 42.8 Å². The van der Waals surface area contributed by atoms with Crippen LogP contribution in [0.3, 0.4) is 0 Å². The van der Waals surface area contributed by atoms with E-state index in [4.69, 9.17) is 0 Å². The Hall–Kier alpha value is -2.40. The molecule has 0 saturated carbocycles. The van der Waals surface area contributed by atoms with Gasteiger partial charge in [0.2, 0.25) is 0 Å². The number of aryl methyl sites for hydroxylation is 1. The molecular weight excluding hydrogens is 270 g/mol. The minimum absolute atomic E-state index is 0.265. The van der Waals surface area contributed by atoms with Gasteiger partial charge < -0.3 is 10.4 Å². The van der Waals surface area contributed by atoms with E-state index in [-0.39, 0.29) is 5.75 Å². The van der Waals surface area contributed by atoms with Gasteiger partial charge in [-0.15, -0.1) is 11.3 Å². The van der Waals surface area contributed by atoms with Crippen LogP contribution < -0.4 is 5.32 Å². The highest BCUT2D eigenvalue weighted by atomic mass is 32.1. The molecular formula is C15H13N3OS. The molecule has 0 atom stereocenters. The Kier molecular flexibility index (Phi) is 3.35. The third-order valence-electron chi connectivity index (χ3n) is 2.88. The first-order valence-corrected chi connectivity index (χ1v) is 7.04. The van der Waals surface area contributed by atoms with Crippen molar-refractivity contribution in [3.63, 3.8) is 0 Å². The number of nitrogens with one attached hydrogen (secondary N) is 1. The molecule has 5 heteroatoms. The molecule has 4 nitrogen and oxygen atoms in total. The lowest BCUT2D eigenvalue weighted by molar-refractivity contribution is 0.475. The predicted octanol–water partition coefficient (Wildman–Crippen LogP) is 3.96. The number of benzene rings is 1. The first kappa shape index (κ1) is 12.6. The Morgan fingerprint density at radius 3 is 2.80 bits per heavy atom. The first-order valence-electron chi connectivity index (χ1n) is 6.16. The van der Waals surface area contributed by atoms with Crippen LogP contribution in [0.5, 0.6) is 5.75 Å². The highest BCUT2D eigenvalue weighted by Gasteiger charge is 2.07. The van der Waals surface area contributed by atoms with Gasteiger partial charge in [0, 0.05) is 17.3 Å². The van der Waals surface area contributed by atoms with Crippen LogP contribution in [-0.4, -0.2) is 15.1 Å². The fourth-order valence-electron chi connectivity index (χ4n) is 1.87. The van der Waals surface area contributed by atoms with Crippen LogP contribution >= 0.6 is 11.3 Å². The number of phenolic OH excluding ortho intramolecular Hbond substituents is 1. The van der Waals surface area contributed by atoms with Crippen molar-refractivity contribution >= 4 is 22.2 Å². The maximum Gasteiger partial charge on any atom is 0.187 e. The Bertz CT molecular complexity index is 725. The van der Waals surface area contributed by atoms with Gasteiger partial charge in [-0.1, -0.05) is 6.07 Å². The molecule has 0 aliphatic heterocycles. The zero-order valence-corrected chi connectivity index (χ0v) is 11.7. The van der Waals surface area contributed by atoms with Crippen LogP contribution in [0.15, 0.2) is 48.0 Å². The Labute approximate surface area is 120 Å². The van der Waals surface area contributed by atoms with Gasteiger partial charge in [0.25, 0.3) is 0 Å². The molecule has 0 aliphatic rings. The number of hydrogen-bond donors (Lipinski definition) is 2. The minimum atomic E-state index is 0.265. The van der Waals surface area contributed by atoms with Gasteiger partial charge in [0.05, 0.1) is 5.69 Å². The first-order chi connectivity index (χ1) is 9.72. The lowest BCUT2D eigenvalue weighted by Gasteiger charge is -2.06. The molecule has 3 rings (SSSR count). The summed E-state index contributed by atoms with van der Waals surface area (Å²) >= 11 is 1.53. The van der Waals surface area contributed by atoms with Crippen molar-refractivity contribution in [1.82, 2.24) is 9.97 Å². The van der Waals surface area contributed by atoms with Crippen molar-refractivity contribution in [2.45, 2.75) is 6.92 Å². The summed E-state index contributed by atoms with van der Waals surface area (Å²) in [4.78, 5) is 8.80. The van der Waals surface area contributed by atoms with Gasteiger partial charge in [-0.25, -0.2) is 4.98 Å². The largest absolute Gasteiger partial charge is 0.508 e. The lowest BCUT2D eigenvalue weighted by atomic mass is 10.2. The quantitative estimate of drug-likeness (QED) is 0.714. The molecule has 0 radical (unpaired) electrons. The summed E-state index contributed by atoms with van der Waals surface area (Å²) in [7, 11) is 0. The third kappa shape index (κ3) is 2.62. The molecule has 0 fully saturated rings. The number of phenols is 1. The van der Waals surface area contributed by atoms with Crippen LogP contribution in [0.4, 0.5) is 10.8 Å². The van der Waals surface area contributed by atoms with Crippen molar-refractivity contribution in [1.29, 1.82) is 0 Å². The molecule has 20 heavy (non-hydrogen) atoms. The van der Waals surface area contributed by atoms with Crippen molar-refractivity contribution in [2.75, 3.05) is 5.32 Å². The molecule has 0 aliphatic carbocycles. The number of hydrogen-bond acceptors (Lipinski definition) is 5. The summed E-state index contributed by atoms with van der Waals surface area (Å²) in [5.74, 6) is 0.265. The number of aromatic hydroxyl groups is 1. The topological polar surface area (TPSA) is 58.0 Å². The summed E-state index contributed by atoms with van der Waals surface area (Å²) in [6.07, 6.45) is 1.76. The molecule has 0 unspecified atom stereocenters. The maximum absolute atomic E-state index is 9.41. The van der Waals surface area contributed by atoms with E-state index in [0.29, 0.717) is 0 Å². The van der Waals surface area contributed by atoms with Gasteiger partial charge >= 0.3 is 0 Å². The van der Waals surface area contributed by atoms with Gasteiger partial charge in [-0.2, -0.15) is 0 Å². The lowest BCUT2D eigenvalue weighted by Crippen LogP contribution is -1.92. The SMILES string of the molecule is Cc1cc(O)ccc1Nc1nc(-c2ccccn2)cs1. The number of anilines is 2. The van der Waals surface area contributed by atoms with Crippen LogP contribution in [0.2, 0.25) is 0 Å². The molecule has 2 N–H and O–H groups in total. The summed E-state index contributed by atoms with van der Waals surface area (Å²) < 4.78 is 0. The summed E-state index contributed by atoms with van der Waals surface area (Å²) in [6.45, 7) is 1.94. The van der Waals surface area contributed by atoms with E-state index in [1.54, 1.807) is 18.3 Å². The highest BCUT2D eigenvalue weighted by molar-refractivity contribution is 7.14. The van der Waals surface area contributed by atoms with Gasteiger partial charge in [0.1, 0.15) is 11.4 Å². The van der Waals surface area contributed by atoms with E-state index >= 15 is 0 Å². The van der Waals surface area contributed by atoms with E-state index in [2.05, 4.69) is 15.3 Å². The second kappa shape index (κ2) is 5.30. The van der Waals surface area contributed by atoms with Gasteiger partial charge in [0.15, 0.2) is 5.13 Å². The Morgan fingerprint density at radius 2 is 2.05 bits per heavy atom. The standard InChI is InChI=1S/C15H13N3OS/c1-10-8-11(19)5-6-12(10)17-15-18-14(9-20-15)13-4-2-3-7-16-13/h2-9,19H,1H3,(H,17,18). The normalized spacial score (nSPS) is 10.4. The predicted molar refractivity (Wildman–Crippen MR) is 81.5 cm³/mol. The molecule has 0 saturated heterocycles. The van der Waals surface area contributed by atoms with Crippen LogP contribution in [-0.2, 0) is 0 Å². The average Bonchev–Trinajstić information content (AvgIpc) is 2.92. The molecule has 2 heterocycles. The second-order valence-electron chi connectivity index (χ2n) is 4.38. The van der Waals surface area contributed by atoms with E-state index < -0.39 is 0 Å². The van der Waals surface area contributed by atoms with Crippen LogP contribution in [0.25, 0.3) is 11.4 Å². The third-order valence-corrected chi connectivity index (χ3v) is 3.64. The summed E-state index contributed by atoms with van der Waals surface area (Å²) in [5.41, 5.74) is 3.62. The Morgan fingerprint density at radius 1 is 1.15 bits per heavy atom. The fraction of sp³-hybridized carbons (Fsp3) is 0.0667. The maximum atomic E-state index is 9.41. The number of nitrogens with zero attached hydrogens (tertiary/aromatic N) is 2. The molecule has 2 aromatic heterocycles. The zero-order chi connectivity index (χ0) is 13.9. The minimum Gasteiger partial charge on any atom is -0.508 e. The van der Waals surface area contributed by atoms with E-state index in [1.165, 1.54) is 11.3 Å². The monoisotopic (exact) mass is 283 g/mol. The molecule has 100 valence electrons. The smallest absolute Gasteiger partial charge is 0.187 e. The van der Waals surface area contributed by atoms with E-state index in [9.17, 15) is 5.11 Å². The van der Waals surface area contributed by atoms with E-state index in [1.807, 2.05) is 36.6 Å². The van der Waals surface area contributed by atoms with E-state index in [0.717, 1.165) is 27.8 Å². The number of rotatable bonds is 3. The Balaban J connectivity index is 1.84. The summed E-state index contributed by atoms with van der Waals surface area (Å²) in [5, 5.41) is 15.4. The number of thiazole rings is 1. The van der Waals surface area contributed by atoms with Crippen LogP contribution in [0, 0.1) is 6.92 Å². The fourth-order valence-corrected chi connectivity index (χ4v) is 2.58. The molecule has 0 bridgehead atoms. The average molecular weight is 283 g/mol. The van der Waals surface area contributed by atoms with Crippen molar-refractivity contribution in [2.24, 2.45) is 0 Å². The second-order valence-corrected chi connectivity index (χ2v) is 5.24. The molecule has 1 aromatic carbocycles. The summed E-state index contributed by atoms with van der Waals surface area (Å²) in [6, 6.07) is 11.0. The van der Waals surface area contributed by atoms with Gasteiger partial charge in [-0.3, -0.25) is 4.98 Å². The highest BCUT2D eigenvalue weighted by Crippen LogP contribution is 2.28. The molecule has 0 amide bonds. The van der Waals surface area contributed by atoms with Crippen molar-refractivity contribution < 1.29 is 5.11 Å². The number of aromatic nitrogens is 2. The molecule has 3 aromatic rings. The number of pyridine rings is 1. The molecule has 0 spiro atoms.